The van der Waals surface area contributed by atoms with Crippen molar-refractivity contribution in [2.45, 2.75) is 27.2 Å². The molecule has 0 radical (unpaired) electrons. The molecular weight excluding hydrogens is 368 g/mol. The van der Waals surface area contributed by atoms with Crippen molar-refractivity contribution < 1.29 is 19.1 Å². The van der Waals surface area contributed by atoms with E-state index in [9.17, 15) is 9.59 Å². The van der Waals surface area contributed by atoms with Gasteiger partial charge in [0.25, 0.3) is 11.8 Å². The Labute approximate surface area is 171 Å². The zero-order chi connectivity index (χ0) is 21.4. The molecule has 6 nitrogen and oxygen atoms in total. The number of carbonyl (C=O) groups excluding carboxylic acids is 2. The zero-order valence-corrected chi connectivity index (χ0v) is 17.4. The molecule has 2 aromatic carbocycles. The maximum atomic E-state index is 12.4. The van der Waals surface area contributed by atoms with Crippen molar-refractivity contribution in [1.82, 2.24) is 10.6 Å². The van der Waals surface area contributed by atoms with Gasteiger partial charge >= 0.3 is 0 Å². The molecule has 2 rings (SSSR count). The minimum absolute atomic E-state index is 0.103. The summed E-state index contributed by atoms with van der Waals surface area (Å²) in [6.07, 6.45) is 0.412. The SMILES string of the molecule is C=C(CCNC(=O)c1cc(C)ccc1OC)NC(=O)COc1ccc(C)c(C)c1. The van der Waals surface area contributed by atoms with Crippen LogP contribution < -0.4 is 20.1 Å². The lowest BCUT2D eigenvalue weighted by Crippen LogP contribution is -2.31. The highest BCUT2D eigenvalue weighted by atomic mass is 16.5. The van der Waals surface area contributed by atoms with Gasteiger partial charge in [-0.3, -0.25) is 9.59 Å². The van der Waals surface area contributed by atoms with Crippen molar-refractivity contribution in [2.24, 2.45) is 0 Å². The van der Waals surface area contributed by atoms with E-state index in [1.165, 1.54) is 12.7 Å². The van der Waals surface area contributed by atoms with Gasteiger partial charge in [0.1, 0.15) is 11.5 Å². The summed E-state index contributed by atoms with van der Waals surface area (Å²) < 4.78 is 10.7. The van der Waals surface area contributed by atoms with Crippen LogP contribution in [-0.2, 0) is 4.79 Å². The molecule has 0 aromatic heterocycles. The van der Waals surface area contributed by atoms with Crippen molar-refractivity contribution in [2.75, 3.05) is 20.3 Å². The Kier molecular flexibility index (Phi) is 7.83. The minimum atomic E-state index is -0.292. The van der Waals surface area contributed by atoms with Crippen LogP contribution in [0.25, 0.3) is 0 Å². The third kappa shape index (κ3) is 6.68. The molecule has 154 valence electrons. The Morgan fingerprint density at radius 1 is 1.03 bits per heavy atom. The van der Waals surface area contributed by atoms with E-state index in [2.05, 4.69) is 17.2 Å². The van der Waals surface area contributed by atoms with E-state index in [0.717, 1.165) is 11.1 Å². The molecule has 0 bridgehead atoms. The molecule has 0 aliphatic rings. The summed E-state index contributed by atoms with van der Waals surface area (Å²) >= 11 is 0. The fraction of sp³-hybridized carbons (Fsp3) is 0.304. The average molecular weight is 396 g/mol. The van der Waals surface area contributed by atoms with Crippen molar-refractivity contribution in [3.63, 3.8) is 0 Å². The zero-order valence-electron chi connectivity index (χ0n) is 17.4. The van der Waals surface area contributed by atoms with Crippen LogP contribution in [0.1, 0.15) is 33.5 Å². The number of benzene rings is 2. The monoisotopic (exact) mass is 396 g/mol. The van der Waals surface area contributed by atoms with E-state index in [-0.39, 0.29) is 18.4 Å². The van der Waals surface area contributed by atoms with Gasteiger partial charge in [0.15, 0.2) is 6.61 Å². The number of nitrogens with one attached hydrogen (secondary N) is 2. The van der Waals surface area contributed by atoms with Crippen LogP contribution >= 0.6 is 0 Å². The molecule has 0 heterocycles. The van der Waals surface area contributed by atoms with Crippen LogP contribution in [0.15, 0.2) is 48.7 Å². The second kappa shape index (κ2) is 10.3. The van der Waals surface area contributed by atoms with Gasteiger partial charge in [-0.05, 0) is 56.2 Å². The number of hydrogen-bond acceptors (Lipinski definition) is 4. The minimum Gasteiger partial charge on any atom is -0.496 e. The first-order valence-corrected chi connectivity index (χ1v) is 9.40. The molecule has 2 aromatic rings. The van der Waals surface area contributed by atoms with Crippen LogP contribution in [0.4, 0.5) is 0 Å². The number of ether oxygens (including phenoxy) is 2. The first-order chi connectivity index (χ1) is 13.8. The standard InChI is InChI=1S/C23H28N2O4/c1-15-6-9-21(28-5)20(12-15)23(27)24-11-10-18(4)25-22(26)14-29-19-8-7-16(2)17(3)13-19/h6-9,12-13H,4,10-11,14H2,1-3,5H3,(H,24,27)(H,25,26). The fourth-order valence-electron chi connectivity index (χ4n) is 2.67. The number of carbonyl (C=O) groups is 2. The van der Waals surface area contributed by atoms with Crippen molar-refractivity contribution >= 4 is 11.8 Å². The maximum Gasteiger partial charge on any atom is 0.262 e. The first-order valence-electron chi connectivity index (χ1n) is 9.40. The summed E-state index contributed by atoms with van der Waals surface area (Å²) in [6.45, 7) is 9.99. The molecule has 0 aliphatic carbocycles. The van der Waals surface area contributed by atoms with Gasteiger partial charge in [0.2, 0.25) is 0 Å². The summed E-state index contributed by atoms with van der Waals surface area (Å²) in [6, 6.07) is 11.1. The van der Waals surface area contributed by atoms with Crippen molar-refractivity contribution in [3.8, 4) is 11.5 Å². The Bertz CT molecular complexity index is 906. The Hall–Kier alpha value is -3.28. The Morgan fingerprint density at radius 2 is 1.79 bits per heavy atom. The highest BCUT2D eigenvalue weighted by molar-refractivity contribution is 5.97. The van der Waals surface area contributed by atoms with Crippen LogP contribution in [0.2, 0.25) is 0 Å². The topological polar surface area (TPSA) is 76.7 Å². The van der Waals surface area contributed by atoms with E-state index in [1.807, 2.05) is 45.0 Å². The third-order valence-corrected chi connectivity index (χ3v) is 4.48. The molecule has 6 heteroatoms. The number of rotatable bonds is 9. The fourth-order valence-corrected chi connectivity index (χ4v) is 2.67. The van der Waals surface area contributed by atoms with E-state index in [4.69, 9.17) is 9.47 Å². The van der Waals surface area contributed by atoms with Crippen LogP contribution in [0.3, 0.4) is 0 Å². The summed E-state index contributed by atoms with van der Waals surface area (Å²) in [5.41, 5.74) is 4.23. The number of hydrogen-bond donors (Lipinski definition) is 2. The summed E-state index contributed by atoms with van der Waals surface area (Å²) in [7, 11) is 1.53. The maximum absolute atomic E-state index is 12.4. The largest absolute Gasteiger partial charge is 0.496 e. The Balaban J connectivity index is 1.75. The first kappa shape index (κ1) is 22.0. The molecule has 2 amide bonds. The van der Waals surface area contributed by atoms with Gasteiger partial charge in [-0.1, -0.05) is 24.3 Å². The summed E-state index contributed by atoms with van der Waals surface area (Å²) in [5, 5.41) is 5.50. The molecule has 0 fully saturated rings. The van der Waals surface area contributed by atoms with Crippen molar-refractivity contribution in [1.29, 1.82) is 0 Å². The van der Waals surface area contributed by atoms with E-state index < -0.39 is 0 Å². The highest BCUT2D eigenvalue weighted by Crippen LogP contribution is 2.19. The van der Waals surface area contributed by atoms with Gasteiger partial charge < -0.3 is 20.1 Å². The molecule has 0 spiro atoms. The van der Waals surface area contributed by atoms with Gasteiger partial charge in [-0.25, -0.2) is 0 Å². The van der Waals surface area contributed by atoms with E-state index in [1.54, 1.807) is 12.1 Å². The highest BCUT2D eigenvalue weighted by Gasteiger charge is 2.12. The predicted molar refractivity (Wildman–Crippen MR) is 113 cm³/mol. The number of aryl methyl sites for hydroxylation is 3. The van der Waals surface area contributed by atoms with Crippen LogP contribution in [0.5, 0.6) is 11.5 Å². The van der Waals surface area contributed by atoms with Gasteiger partial charge in [0.05, 0.1) is 12.7 Å². The number of methoxy groups -OCH3 is 1. The lowest BCUT2D eigenvalue weighted by atomic mass is 10.1. The smallest absolute Gasteiger partial charge is 0.262 e. The van der Waals surface area contributed by atoms with Gasteiger partial charge in [-0.2, -0.15) is 0 Å². The summed E-state index contributed by atoms with van der Waals surface area (Å²) in [5.74, 6) is 0.639. The quantitative estimate of drug-likeness (QED) is 0.681. The van der Waals surface area contributed by atoms with Crippen LogP contribution in [-0.4, -0.2) is 32.1 Å². The van der Waals surface area contributed by atoms with E-state index >= 15 is 0 Å². The second-order valence-corrected chi connectivity index (χ2v) is 6.90. The lowest BCUT2D eigenvalue weighted by Gasteiger charge is -2.12. The molecule has 2 N–H and O–H groups in total. The van der Waals surface area contributed by atoms with Crippen LogP contribution in [0, 0.1) is 20.8 Å². The second-order valence-electron chi connectivity index (χ2n) is 6.90. The van der Waals surface area contributed by atoms with Crippen molar-refractivity contribution in [3.05, 3.63) is 70.9 Å². The Morgan fingerprint density at radius 3 is 2.48 bits per heavy atom. The lowest BCUT2D eigenvalue weighted by molar-refractivity contribution is -0.122. The molecule has 0 saturated carbocycles. The van der Waals surface area contributed by atoms with E-state index in [0.29, 0.717) is 35.7 Å². The number of amides is 2. The third-order valence-electron chi connectivity index (χ3n) is 4.48. The summed E-state index contributed by atoms with van der Waals surface area (Å²) in [4.78, 5) is 24.4. The average Bonchev–Trinajstić information content (AvgIpc) is 2.68. The molecule has 0 unspecified atom stereocenters. The molecule has 0 saturated heterocycles. The molecule has 29 heavy (non-hydrogen) atoms. The molecular formula is C23H28N2O4. The van der Waals surface area contributed by atoms with Gasteiger partial charge in [-0.15, -0.1) is 0 Å². The molecule has 0 aliphatic heterocycles. The van der Waals surface area contributed by atoms with Gasteiger partial charge in [0, 0.05) is 18.7 Å². The predicted octanol–water partition coefficient (Wildman–Crippen LogP) is 3.45. The normalized spacial score (nSPS) is 10.2. The molecule has 0 atom stereocenters.